The molecule has 5 heterocycles. The molecule has 226 valence electrons. The van der Waals surface area contributed by atoms with Crippen molar-refractivity contribution >= 4 is 27.6 Å². The second kappa shape index (κ2) is 10.5. The standard InChI is InChI=1S/C30H24F4N6O4/c31-16-8-30(4-1-5-40(30)10-16)13-44-29-37-26(21-11-39(14-36-21)22(43)12-41)19-9-35-27(25(34)28(19)38-29)18-7-17(42)6-15-2-3-20(32)24(33)23(15)18/h2-3,6-7,9,11,14,16,41-42H,1,4-5,8,10,12-13H2/t16-,30+/m1/s1. The van der Waals surface area contributed by atoms with Crippen LogP contribution < -0.4 is 4.74 Å². The van der Waals surface area contributed by atoms with Crippen molar-refractivity contribution in [3.63, 3.8) is 0 Å². The number of nitrogens with zero attached hydrogens (tertiary/aromatic N) is 6. The minimum absolute atomic E-state index is 0.0387. The van der Waals surface area contributed by atoms with Crippen LogP contribution in [0.25, 0.3) is 44.3 Å². The van der Waals surface area contributed by atoms with Crippen LogP contribution in [0.2, 0.25) is 0 Å². The first-order chi connectivity index (χ1) is 21.2. The number of halogens is 4. The van der Waals surface area contributed by atoms with Gasteiger partial charge in [-0.2, -0.15) is 9.97 Å². The van der Waals surface area contributed by atoms with Crippen LogP contribution in [0.3, 0.4) is 0 Å². The molecule has 0 bridgehead atoms. The van der Waals surface area contributed by atoms with Crippen molar-refractivity contribution < 1.29 is 37.3 Å². The number of hydrogen-bond donors (Lipinski definition) is 2. The molecular formula is C30H24F4N6O4. The zero-order valence-electron chi connectivity index (χ0n) is 23.0. The van der Waals surface area contributed by atoms with Crippen LogP contribution >= 0.6 is 0 Å². The highest BCUT2D eigenvalue weighted by Crippen LogP contribution is 2.41. The zero-order valence-corrected chi connectivity index (χ0v) is 23.0. The number of fused-ring (bicyclic) bond motifs is 3. The number of aromatic nitrogens is 5. The summed E-state index contributed by atoms with van der Waals surface area (Å²) in [6.45, 7) is 0.277. The number of ether oxygens (including phenoxy) is 1. The van der Waals surface area contributed by atoms with Crippen molar-refractivity contribution in [3.8, 4) is 34.4 Å². The maximum Gasteiger partial charge on any atom is 0.317 e. The normalized spacial score (nSPS) is 20.1. The number of imidazole rings is 1. The molecule has 10 nitrogen and oxygen atoms in total. The maximum absolute atomic E-state index is 16.4. The molecule has 44 heavy (non-hydrogen) atoms. The molecule has 0 aliphatic carbocycles. The third-order valence-electron chi connectivity index (χ3n) is 8.39. The van der Waals surface area contributed by atoms with Gasteiger partial charge in [-0.25, -0.2) is 22.5 Å². The van der Waals surface area contributed by atoms with Gasteiger partial charge in [0.15, 0.2) is 17.5 Å². The van der Waals surface area contributed by atoms with Crippen molar-refractivity contribution in [1.29, 1.82) is 0 Å². The Hall–Kier alpha value is -4.69. The van der Waals surface area contributed by atoms with E-state index in [9.17, 15) is 23.8 Å². The Kier molecular flexibility index (Phi) is 6.70. The quantitative estimate of drug-likeness (QED) is 0.270. The van der Waals surface area contributed by atoms with Gasteiger partial charge in [0.05, 0.1) is 5.54 Å². The second-order valence-corrected chi connectivity index (χ2v) is 11.1. The molecule has 2 aliphatic heterocycles. The van der Waals surface area contributed by atoms with E-state index in [1.807, 2.05) is 4.90 Å². The van der Waals surface area contributed by atoms with Crippen LogP contribution in [0.4, 0.5) is 17.6 Å². The third kappa shape index (κ3) is 4.52. The van der Waals surface area contributed by atoms with Crippen molar-refractivity contribution in [2.45, 2.75) is 31.0 Å². The van der Waals surface area contributed by atoms with Gasteiger partial charge in [0.1, 0.15) is 54.1 Å². The summed E-state index contributed by atoms with van der Waals surface area (Å²) in [6.07, 6.45) is 4.51. The summed E-state index contributed by atoms with van der Waals surface area (Å²) < 4.78 is 67.1. The Morgan fingerprint density at radius 3 is 2.77 bits per heavy atom. The minimum Gasteiger partial charge on any atom is -0.508 e. The van der Waals surface area contributed by atoms with E-state index < -0.39 is 47.4 Å². The lowest BCUT2D eigenvalue weighted by Gasteiger charge is -2.30. The number of hydrogen-bond acceptors (Lipinski definition) is 9. The number of phenols is 1. The number of alkyl halides is 1. The van der Waals surface area contributed by atoms with E-state index >= 15 is 8.78 Å². The summed E-state index contributed by atoms with van der Waals surface area (Å²) in [5.74, 6) is -4.44. The lowest BCUT2D eigenvalue weighted by Crippen LogP contribution is -2.43. The smallest absolute Gasteiger partial charge is 0.317 e. The van der Waals surface area contributed by atoms with Crippen molar-refractivity contribution in [2.75, 3.05) is 26.3 Å². The summed E-state index contributed by atoms with van der Waals surface area (Å²) in [5, 5.41) is 19.5. The molecule has 2 atom stereocenters. The molecule has 5 aromatic rings. The predicted molar refractivity (Wildman–Crippen MR) is 149 cm³/mol. The van der Waals surface area contributed by atoms with Crippen LogP contribution in [0.15, 0.2) is 43.0 Å². The molecule has 0 amide bonds. The molecule has 0 spiro atoms. The molecule has 3 aromatic heterocycles. The molecule has 2 aliphatic rings. The molecule has 2 fully saturated rings. The van der Waals surface area contributed by atoms with Crippen molar-refractivity contribution in [3.05, 3.63) is 60.4 Å². The van der Waals surface area contributed by atoms with Gasteiger partial charge in [-0.15, -0.1) is 0 Å². The molecule has 7 rings (SSSR count). The predicted octanol–water partition coefficient (Wildman–Crippen LogP) is 4.42. The van der Waals surface area contributed by atoms with Crippen LogP contribution in [0.1, 0.15) is 24.1 Å². The SMILES string of the molecule is O=C(CO)n1cnc(-c2nc(OC[C@@]34CCCN3C[C@H](F)C4)nc3c(F)c(-c4cc(O)cc5ccc(F)c(F)c45)ncc23)c1. The summed E-state index contributed by atoms with van der Waals surface area (Å²) >= 11 is 0. The number of phenolic OH excluding ortho intramolecular Hbond substituents is 1. The van der Waals surface area contributed by atoms with E-state index in [2.05, 4.69) is 19.9 Å². The van der Waals surface area contributed by atoms with Crippen LogP contribution in [0.5, 0.6) is 11.8 Å². The van der Waals surface area contributed by atoms with E-state index in [1.54, 1.807) is 0 Å². The monoisotopic (exact) mass is 608 g/mol. The first-order valence-electron chi connectivity index (χ1n) is 13.8. The van der Waals surface area contributed by atoms with Gasteiger partial charge in [0.2, 0.25) is 0 Å². The number of aliphatic hydroxyl groups excluding tert-OH is 1. The Morgan fingerprint density at radius 1 is 1.11 bits per heavy atom. The Morgan fingerprint density at radius 2 is 1.95 bits per heavy atom. The topological polar surface area (TPSA) is 126 Å². The van der Waals surface area contributed by atoms with Gasteiger partial charge in [-0.1, -0.05) is 6.07 Å². The van der Waals surface area contributed by atoms with Gasteiger partial charge in [0.25, 0.3) is 5.91 Å². The van der Waals surface area contributed by atoms with E-state index in [0.717, 1.165) is 36.0 Å². The van der Waals surface area contributed by atoms with Gasteiger partial charge >= 0.3 is 6.01 Å². The Balaban J connectivity index is 1.40. The molecular weight excluding hydrogens is 584 g/mol. The average Bonchev–Trinajstić information content (AvgIpc) is 3.72. The van der Waals surface area contributed by atoms with Crippen LogP contribution in [-0.4, -0.2) is 83.5 Å². The van der Waals surface area contributed by atoms with E-state index in [-0.39, 0.29) is 63.4 Å². The number of pyridine rings is 1. The van der Waals surface area contributed by atoms with E-state index in [4.69, 9.17) is 4.74 Å². The number of aromatic hydroxyl groups is 1. The minimum atomic E-state index is -1.24. The lowest BCUT2D eigenvalue weighted by atomic mass is 9.95. The number of aliphatic hydroxyl groups is 1. The van der Waals surface area contributed by atoms with Crippen molar-refractivity contribution in [2.24, 2.45) is 0 Å². The second-order valence-electron chi connectivity index (χ2n) is 11.1. The number of carbonyl (C=O) groups excluding carboxylic acids is 1. The molecule has 14 heteroatoms. The van der Waals surface area contributed by atoms with Gasteiger partial charge in [-0.3, -0.25) is 19.2 Å². The zero-order chi connectivity index (χ0) is 30.7. The largest absolute Gasteiger partial charge is 0.508 e. The third-order valence-corrected chi connectivity index (χ3v) is 8.39. The lowest BCUT2D eigenvalue weighted by molar-refractivity contribution is 0.0818. The molecule has 2 N–H and O–H groups in total. The van der Waals surface area contributed by atoms with E-state index in [1.165, 1.54) is 24.5 Å². The Bertz CT molecular complexity index is 1970. The van der Waals surface area contributed by atoms with Gasteiger partial charge < -0.3 is 14.9 Å². The van der Waals surface area contributed by atoms with Crippen LogP contribution in [0, 0.1) is 17.5 Å². The van der Waals surface area contributed by atoms with Gasteiger partial charge in [0, 0.05) is 41.7 Å². The molecule has 2 aromatic carbocycles. The molecule has 0 saturated carbocycles. The fourth-order valence-corrected chi connectivity index (χ4v) is 6.36. The van der Waals surface area contributed by atoms with E-state index in [0.29, 0.717) is 13.0 Å². The summed E-state index contributed by atoms with van der Waals surface area (Å²) in [4.78, 5) is 31.2. The fourth-order valence-electron chi connectivity index (χ4n) is 6.36. The molecule has 0 radical (unpaired) electrons. The fraction of sp³-hybridized carbons (Fsp3) is 0.300. The Labute approximate surface area is 246 Å². The van der Waals surface area contributed by atoms with Crippen molar-refractivity contribution in [1.82, 2.24) is 29.4 Å². The van der Waals surface area contributed by atoms with Crippen LogP contribution in [-0.2, 0) is 0 Å². The number of rotatable bonds is 6. The number of carbonyl (C=O) groups is 1. The van der Waals surface area contributed by atoms with Gasteiger partial charge in [-0.05, 0) is 43.0 Å². The first kappa shape index (κ1) is 28.1. The first-order valence-corrected chi connectivity index (χ1v) is 13.8. The highest BCUT2D eigenvalue weighted by molar-refractivity contribution is 6.00. The molecule has 2 saturated heterocycles. The average molecular weight is 609 g/mol. The summed E-state index contributed by atoms with van der Waals surface area (Å²) in [5.41, 5.74) is -1.34. The summed E-state index contributed by atoms with van der Waals surface area (Å²) in [7, 11) is 0. The molecule has 0 unspecified atom stereocenters. The maximum atomic E-state index is 16.4. The highest BCUT2D eigenvalue weighted by atomic mass is 19.2. The number of benzene rings is 2. The highest BCUT2D eigenvalue weighted by Gasteiger charge is 2.49. The summed E-state index contributed by atoms with van der Waals surface area (Å²) in [6, 6.07) is 4.18.